The molecule has 0 aliphatic heterocycles. The molecule has 0 saturated carbocycles. The third-order valence-corrected chi connectivity index (χ3v) is 0.167. The molecule has 178 valence electrons. The van der Waals surface area contributed by atoms with Crippen molar-refractivity contribution in [2.24, 2.45) is 58.2 Å². The maximum atomic E-state index is 9.00. The van der Waals surface area contributed by atoms with Crippen LogP contribution in [0.4, 0.5) is 0 Å². The standard InChI is InChI=1S/C2H8N2.4C2H4O2.4H4N2/c3-1-2-4;4*1-2(3)4;4*1-2/h1-4H2;4*1H3,(H,3,4);4*1-2H2. The lowest BCUT2D eigenvalue weighted by Crippen LogP contribution is -2.11. The Kier molecular flexibility index (Phi) is 206. The Hall–Kier alpha value is -2.52. The first-order valence-corrected chi connectivity index (χ1v) is 6.36. The molecule has 0 aromatic rings. The third-order valence-electron chi connectivity index (χ3n) is 0.167. The van der Waals surface area contributed by atoms with Crippen molar-refractivity contribution in [3.63, 3.8) is 0 Å². The molecule has 0 heterocycles. The number of rotatable bonds is 1. The Balaban J connectivity index is -0.0000000211. The normalized spacial score (nSPS) is 5.50. The van der Waals surface area contributed by atoms with E-state index >= 15 is 0 Å². The van der Waals surface area contributed by atoms with Crippen LogP contribution in [0.2, 0.25) is 0 Å². The number of aliphatic carboxylic acids is 4. The minimum Gasteiger partial charge on any atom is -0.481 e. The van der Waals surface area contributed by atoms with Crippen LogP contribution in [-0.2, 0) is 19.2 Å². The van der Waals surface area contributed by atoms with Gasteiger partial charge in [-0.05, 0) is 0 Å². The molecule has 0 aromatic heterocycles. The first-order chi connectivity index (χ1) is 12.8. The van der Waals surface area contributed by atoms with E-state index in [1.165, 1.54) is 0 Å². The second-order valence-corrected chi connectivity index (χ2v) is 2.65. The van der Waals surface area contributed by atoms with Crippen LogP contribution in [0.5, 0.6) is 0 Å². The minimum absolute atomic E-state index is 0.597. The zero-order chi connectivity index (χ0) is 25.7. The summed E-state index contributed by atoms with van der Waals surface area (Å²) in [7, 11) is 0. The second kappa shape index (κ2) is 102. The molecule has 0 unspecified atom stereocenters. The number of hydrogen-bond donors (Lipinski definition) is 14. The predicted octanol–water partition coefficient (Wildman–Crippen LogP) is -5.46. The van der Waals surface area contributed by atoms with Crippen molar-refractivity contribution in [2.45, 2.75) is 27.7 Å². The Bertz CT molecular complexity index is 207. The monoisotopic (exact) mass is 428 g/mol. The van der Waals surface area contributed by atoms with E-state index in [4.69, 9.17) is 51.1 Å². The predicted molar refractivity (Wildman–Crippen MR) is 105 cm³/mol. The molecule has 0 aliphatic carbocycles. The van der Waals surface area contributed by atoms with Crippen molar-refractivity contribution >= 4 is 23.9 Å². The molecule has 0 bridgehead atoms. The molecule has 0 atom stereocenters. The van der Waals surface area contributed by atoms with Crippen molar-refractivity contribution in [3.8, 4) is 0 Å². The molecule has 0 radical (unpaired) electrons. The van der Waals surface area contributed by atoms with E-state index < -0.39 is 23.9 Å². The average molecular weight is 428 g/mol. The van der Waals surface area contributed by atoms with Crippen LogP contribution in [0.1, 0.15) is 27.7 Å². The number of hydrogen-bond acceptors (Lipinski definition) is 14. The minimum atomic E-state index is -0.833. The van der Waals surface area contributed by atoms with Gasteiger partial charge in [0.25, 0.3) is 23.9 Å². The molecule has 0 amide bonds. The van der Waals surface area contributed by atoms with Gasteiger partial charge in [0.1, 0.15) is 0 Å². The Morgan fingerprint density at radius 3 is 0.500 bits per heavy atom. The highest BCUT2D eigenvalue weighted by Crippen LogP contribution is 1.43. The zero-order valence-corrected chi connectivity index (χ0v) is 16.6. The highest BCUT2D eigenvalue weighted by molar-refractivity contribution is 5.63. The van der Waals surface area contributed by atoms with Gasteiger partial charge in [0.2, 0.25) is 0 Å². The first-order valence-electron chi connectivity index (χ1n) is 6.36. The smallest absolute Gasteiger partial charge is 0.300 e. The fraction of sp³-hybridized carbons (Fsp3) is 0.600. The van der Waals surface area contributed by atoms with Crippen LogP contribution in [0, 0.1) is 0 Å². The molecule has 0 aliphatic rings. The molecule has 18 heteroatoms. The van der Waals surface area contributed by atoms with E-state index in [1.54, 1.807) is 0 Å². The summed E-state index contributed by atoms with van der Waals surface area (Å²) in [4.78, 5) is 36.0. The number of carbonyl (C=O) groups is 4. The Morgan fingerprint density at radius 2 is 0.500 bits per heavy atom. The van der Waals surface area contributed by atoms with Gasteiger partial charge < -0.3 is 31.9 Å². The molecule has 0 rings (SSSR count). The van der Waals surface area contributed by atoms with E-state index in [0.717, 1.165) is 27.7 Å². The lowest BCUT2D eigenvalue weighted by Gasteiger charge is -1.72. The summed E-state index contributed by atoms with van der Waals surface area (Å²) in [6, 6.07) is 0. The largest absolute Gasteiger partial charge is 0.481 e. The van der Waals surface area contributed by atoms with Gasteiger partial charge in [0.05, 0.1) is 0 Å². The van der Waals surface area contributed by atoms with Gasteiger partial charge in [-0.15, -0.1) is 0 Å². The van der Waals surface area contributed by atoms with Gasteiger partial charge in [-0.25, -0.2) is 0 Å². The molecule has 24 N–H and O–H groups in total. The van der Waals surface area contributed by atoms with Crippen molar-refractivity contribution in [3.05, 3.63) is 0 Å². The molecule has 0 spiro atoms. The maximum absolute atomic E-state index is 9.00. The summed E-state index contributed by atoms with van der Waals surface area (Å²) < 4.78 is 0. The number of nitrogens with two attached hydrogens (primary N) is 10. The molecule has 0 fully saturated rings. The Morgan fingerprint density at radius 1 is 0.464 bits per heavy atom. The third kappa shape index (κ3) is 5140. The van der Waals surface area contributed by atoms with Gasteiger partial charge in [0.15, 0.2) is 0 Å². The van der Waals surface area contributed by atoms with E-state index in [-0.39, 0.29) is 0 Å². The number of carboxylic acids is 4. The topological polar surface area (TPSA) is 409 Å². The van der Waals surface area contributed by atoms with Crippen molar-refractivity contribution in [1.82, 2.24) is 0 Å². The average Bonchev–Trinajstić information content (AvgIpc) is 2.60. The van der Waals surface area contributed by atoms with Gasteiger partial charge in [-0.3, -0.25) is 65.9 Å². The van der Waals surface area contributed by atoms with Crippen LogP contribution in [0.25, 0.3) is 0 Å². The van der Waals surface area contributed by atoms with Crippen LogP contribution >= 0.6 is 0 Å². The fourth-order valence-corrected chi connectivity index (χ4v) is 0. The lowest BCUT2D eigenvalue weighted by atomic mass is 10.7. The highest BCUT2D eigenvalue weighted by atomic mass is 16.4. The quantitative estimate of drug-likeness (QED) is 0.137. The van der Waals surface area contributed by atoms with Crippen molar-refractivity contribution in [2.75, 3.05) is 13.1 Å². The van der Waals surface area contributed by atoms with Crippen molar-refractivity contribution in [1.29, 1.82) is 0 Å². The summed E-state index contributed by atoms with van der Waals surface area (Å²) in [6.07, 6.45) is 0. The fourth-order valence-electron chi connectivity index (χ4n) is 0. The molecule has 0 saturated heterocycles. The molecular formula is C10H40N10O8. The number of hydrazine groups is 4. The van der Waals surface area contributed by atoms with Crippen LogP contribution in [-0.4, -0.2) is 57.4 Å². The highest BCUT2D eigenvalue weighted by Gasteiger charge is 1.66. The van der Waals surface area contributed by atoms with E-state index in [9.17, 15) is 0 Å². The van der Waals surface area contributed by atoms with Gasteiger partial charge in [0, 0.05) is 40.8 Å². The maximum Gasteiger partial charge on any atom is 0.300 e. The van der Waals surface area contributed by atoms with Crippen LogP contribution in [0.3, 0.4) is 0 Å². The molecule has 18 nitrogen and oxygen atoms in total. The van der Waals surface area contributed by atoms with E-state index in [1.807, 2.05) is 0 Å². The molecule has 0 aromatic carbocycles. The molecular weight excluding hydrogens is 388 g/mol. The summed E-state index contributed by atoms with van der Waals surface area (Å²) in [6.45, 7) is 5.53. The second-order valence-electron chi connectivity index (χ2n) is 2.65. The zero-order valence-electron chi connectivity index (χ0n) is 16.6. The summed E-state index contributed by atoms with van der Waals surface area (Å²) >= 11 is 0. The lowest BCUT2D eigenvalue weighted by molar-refractivity contribution is -0.135. The number of carboxylic acid groups (broad SMARTS) is 4. The van der Waals surface area contributed by atoms with Crippen molar-refractivity contribution < 1.29 is 39.6 Å². The first kappa shape index (κ1) is 56.2. The van der Waals surface area contributed by atoms with E-state index in [0.29, 0.717) is 13.1 Å². The SMILES string of the molecule is CC(=O)O.CC(=O)O.CC(=O)O.CC(=O)O.NCCN.NN.NN.NN.NN. The Labute approximate surface area is 163 Å². The summed E-state index contributed by atoms with van der Waals surface area (Å²) in [5, 5.41) is 29.7. The summed E-state index contributed by atoms with van der Waals surface area (Å²) in [5.74, 6) is 28.7. The van der Waals surface area contributed by atoms with Crippen LogP contribution in [0.15, 0.2) is 0 Å². The van der Waals surface area contributed by atoms with Crippen LogP contribution < -0.4 is 58.2 Å². The van der Waals surface area contributed by atoms with Gasteiger partial charge >= 0.3 is 0 Å². The van der Waals surface area contributed by atoms with E-state index in [2.05, 4.69) is 46.7 Å². The van der Waals surface area contributed by atoms with Gasteiger partial charge in [-0.1, -0.05) is 0 Å². The van der Waals surface area contributed by atoms with Gasteiger partial charge in [-0.2, -0.15) is 0 Å². The molecule has 28 heavy (non-hydrogen) atoms. The summed E-state index contributed by atoms with van der Waals surface area (Å²) in [5.41, 5.74) is 9.81.